The van der Waals surface area contributed by atoms with Crippen LogP contribution in [-0.4, -0.2) is 51.0 Å². The Morgan fingerprint density at radius 2 is 1.49 bits per heavy atom. The van der Waals surface area contributed by atoms with E-state index in [1.54, 1.807) is 60.7 Å². The molecule has 1 aliphatic heterocycles. The molecule has 4 rings (SSSR count). The lowest BCUT2D eigenvalue weighted by Crippen LogP contribution is -2.38. The lowest BCUT2D eigenvalue weighted by Gasteiger charge is -2.25. The van der Waals surface area contributed by atoms with Crippen molar-refractivity contribution < 1.29 is 22.7 Å². The van der Waals surface area contributed by atoms with Gasteiger partial charge in [-0.2, -0.15) is 0 Å². The van der Waals surface area contributed by atoms with Crippen LogP contribution in [0.1, 0.15) is 36.0 Å². The average Bonchev–Trinajstić information content (AvgIpc) is 3.17. The predicted molar refractivity (Wildman–Crippen MR) is 145 cm³/mol. The number of likely N-dealkylation sites (tertiary alicyclic amines) is 1. The van der Waals surface area contributed by atoms with Crippen molar-refractivity contribution >= 4 is 33.2 Å². The van der Waals surface area contributed by atoms with Gasteiger partial charge in [0, 0.05) is 13.1 Å². The highest BCUT2D eigenvalue weighted by molar-refractivity contribution is 7.92. The van der Waals surface area contributed by atoms with E-state index in [4.69, 9.17) is 4.74 Å². The molecule has 1 saturated heterocycles. The molecule has 2 amide bonds. The van der Waals surface area contributed by atoms with E-state index < -0.39 is 22.5 Å². The van der Waals surface area contributed by atoms with E-state index in [1.807, 2.05) is 23.1 Å². The summed E-state index contributed by atoms with van der Waals surface area (Å²) in [5.41, 5.74) is 0.971. The number of hydrogen-bond acceptors (Lipinski definition) is 5. The topological polar surface area (TPSA) is 96.0 Å². The van der Waals surface area contributed by atoms with Crippen LogP contribution in [0, 0.1) is 0 Å². The number of hydrogen-bond donors (Lipinski definition) is 1. The Hall–Kier alpha value is -3.85. The lowest BCUT2D eigenvalue weighted by molar-refractivity contribution is -0.114. The number of anilines is 2. The van der Waals surface area contributed by atoms with Gasteiger partial charge in [0.25, 0.3) is 5.91 Å². The summed E-state index contributed by atoms with van der Waals surface area (Å²) in [6.07, 6.45) is 5.14. The molecule has 0 bridgehead atoms. The van der Waals surface area contributed by atoms with Crippen LogP contribution in [0.15, 0.2) is 78.9 Å². The molecule has 0 atom stereocenters. The quantitative estimate of drug-likeness (QED) is 0.455. The molecule has 1 N–H and O–H groups in total. The maximum atomic E-state index is 13.2. The normalized spacial score (nSPS) is 13.9. The highest BCUT2D eigenvalue weighted by Crippen LogP contribution is 2.33. The van der Waals surface area contributed by atoms with E-state index in [0.717, 1.165) is 36.2 Å². The number of sulfonamides is 1. The Kier molecular flexibility index (Phi) is 8.45. The van der Waals surface area contributed by atoms with Crippen LogP contribution in [0.25, 0.3) is 0 Å². The van der Waals surface area contributed by atoms with Crippen molar-refractivity contribution in [3.63, 3.8) is 0 Å². The Labute approximate surface area is 217 Å². The first kappa shape index (κ1) is 26.2. The molecule has 0 aliphatic carbocycles. The number of para-hydroxylation sites is 4. The highest BCUT2D eigenvalue weighted by Gasteiger charge is 2.26. The zero-order chi connectivity index (χ0) is 26.3. The van der Waals surface area contributed by atoms with Crippen LogP contribution >= 0.6 is 0 Å². The summed E-state index contributed by atoms with van der Waals surface area (Å²) < 4.78 is 32.5. The minimum absolute atomic E-state index is 0.139. The van der Waals surface area contributed by atoms with Crippen LogP contribution < -0.4 is 14.4 Å². The number of nitrogens with one attached hydrogen (secondary N) is 1. The number of rotatable bonds is 8. The molecule has 1 aliphatic rings. The molecule has 3 aromatic rings. The van der Waals surface area contributed by atoms with Crippen LogP contribution in [0.4, 0.5) is 11.4 Å². The fourth-order valence-corrected chi connectivity index (χ4v) is 5.15. The van der Waals surface area contributed by atoms with Crippen LogP contribution in [0.5, 0.6) is 11.5 Å². The second-order valence-electron chi connectivity index (χ2n) is 8.95. The molecule has 8 nitrogen and oxygen atoms in total. The molecular weight excluding hydrogens is 490 g/mol. The fourth-order valence-electron chi connectivity index (χ4n) is 4.29. The standard InChI is InChI=1S/C28H31N3O5S/c1-37(34,35)31(25-17-9-10-18-26(25)36-22-13-5-4-6-14-22)21-27(32)29-24-16-8-7-15-23(24)28(33)30-19-11-2-3-12-20-30/h4-10,13-18H,2-3,11-12,19-21H2,1H3,(H,29,32). The molecule has 1 fully saturated rings. The van der Waals surface area contributed by atoms with Gasteiger partial charge in [-0.3, -0.25) is 13.9 Å². The molecule has 0 unspecified atom stereocenters. The van der Waals surface area contributed by atoms with Gasteiger partial charge in [-0.25, -0.2) is 8.42 Å². The van der Waals surface area contributed by atoms with E-state index in [0.29, 0.717) is 35.8 Å². The number of carbonyl (C=O) groups is 2. The summed E-state index contributed by atoms with van der Waals surface area (Å²) in [5, 5.41) is 2.75. The summed E-state index contributed by atoms with van der Waals surface area (Å²) in [4.78, 5) is 28.2. The average molecular weight is 522 g/mol. The molecule has 0 saturated carbocycles. The van der Waals surface area contributed by atoms with Crippen LogP contribution in [-0.2, 0) is 14.8 Å². The smallest absolute Gasteiger partial charge is 0.255 e. The van der Waals surface area contributed by atoms with E-state index >= 15 is 0 Å². The van der Waals surface area contributed by atoms with Gasteiger partial charge in [-0.05, 0) is 49.2 Å². The number of benzene rings is 3. The number of carbonyl (C=O) groups excluding carboxylic acids is 2. The van der Waals surface area contributed by atoms with Gasteiger partial charge >= 0.3 is 0 Å². The van der Waals surface area contributed by atoms with Crippen LogP contribution in [0.3, 0.4) is 0 Å². The SMILES string of the molecule is CS(=O)(=O)N(CC(=O)Nc1ccccc1C(=O)N1CCCCCC1)c1ccccc1Oc1ccccc1. The monoisotopic (exact) mass is 521 g/mol. The molecule has 9 heteroatoms. The molecule has 3 aromatic carbocycles. The van der Waals surface area contributed by atoms with Gasteiger partial charge in [0.1, 0.15) is 12.3 Å². The third-order valence-corrected chi connectivity index (χ3v) is 7.24. The minimum Gasteiger partial charge on any atom is -0.455 e. The van der Waals surface area contributed by atoms with Crippen molar-refractivity contribution in [1.29, 1.82) is 0 Å². The van der Waals surface area contributed by atoms with Crippen LogP contribution in [0.2, 0.25) is 0 Å². The third-order valence-electron chi connectivity index (χ3n) is 6.12. The zero-order valence-corrected chi connectivity index (χ0v) is 21.6. The Balaban J connectivity index is 1.56. The van der Waals surface area contributed by atoms with E-state index in [1.165, 1.54) is 0 Å². The lowest BCUT2D eigenvalue weighted by atomic mass is 10.1. The summed E-state index contributed by atoms with van der Waals surface area (Å²) >= 11 is 0. The van der Waals surface area contributed by atoms with Crippen molar-refractivity contribution in [1.82, 2.24) is 4.90 Å². The fraction of sp³-hybridized carbons (Fsp3) is 0.286. The molecule has 194 valence electrons. The number of ether oxygens (including phenoxy) is 1. The molecule has 37 heavy (non-hydrogen) atoms. The number of amides is 2. The molecular formula is C28H31N3O5S. The summed E-state index contributed by atoms with van der Waals surface area (Å²) in [7, 11) is -3.85. The molecule has 0 aromatic heterocycles. The Morgan fingerprint density at radius 3 is 2.19 bits per heavy atom. The van der Waals surface area contributed by atoms with Gasteiger partial charge in [0.15, 0.2) is 5.75 Å². The zero-order valence-electron chi connectivity index (χ0n) is 20.8. The second kappa shape index (κ2) is 11.9. The maximum absolute atomic E-state index is 13.2. The first-order valence-electron chi connectivity index (χ1n) is 12.3. The van der Waals surface area contributed by atoms with Crippen molar-refractivity contribution in [2.75, 3.05) is 35.5 Å². The highest BCUT2D eigenvalue weighted by atomic mass is 32.2. The third kappa shape index (κ3) is 6.89. The molecule has 0 radical (unpaired) electrons. The maximum Gasteiger partial charge on any atom is 0.255 e. The van der Waals surface area contributed by atoms with Gasteiger partial charge in [-0.1, -0.05) is 55.3 Å². The molecule has 1 heterocycles. The van der Waals surface area contributed by atoms with E-state index in [2.05, 4.69) is 5.32 Å². The van der Waals surface area contributed by atoms with Crippen molar-refractivity contribution in [3.05, 3.63) is 84.4 Å². The number of nitrogens with zero attached hydrogens (tertiary/aromatic N) is 2. The Bertz CT molecular complexity index is 1340. The van der Waals surface area contributed by atoms with Gasteiger partial charge < -0.3 is 15.0 Å². The van der Waals surface area contributed by atoms with Gasteiger partial charge in [0.2, 0.25) is 15.9 Å². The van der Waals surface area contributed by atoms with Gasteiger partial charge in [-0.15, -0.1) is 0 Å². The Morgan fingerprint density at radius 1 is 0.865 bits per heavy atom. The summed E-state index contributed by atoms with van der Waals surface area (Å²) in [5.74, 6) is 0.118. The van der Waals surface area contributed by atoms with Crippen molar-refractivity contribution in [3.8, 4) is 11.5 Å². The summed E-state index contributed by atoms with van der Waals surface area (Å²) in [6.45, 7) is 0.878. The first-order valence-corrected chi connectivity index (χ1v) is 14.2. The second-order valence-corrected chi connectivity index (χ2v) is 10.9. The van der Waals surface area contributed by atoms with Crippen molar-refractivity contribution in [2.45, 2.75) is 25.7 Å². The minimum atomic E-state index is -3.85. The van der Waals surface area contributed by atoms with E-state index in [-0.39, 0.29) is 11.6 Å². The first-order chi connectivity index (χ1) is 17.8. The van der Waals surface area contributed by atoms with Crippen molar-refractivity contribution in [2.24, 2.45) is 0 Å². The molecule has 0 spiro atoms. The predicted octanol–water partition coefficient (Wildman–Crippen LogP) is 4.90. The van der Waals surface area contributed by atoms with Gasteiger partial charge in [0.05, 0.1) is 23.2 Å². The summed E-state index contributed by atoms with van der Waals surface area (Å²) in [6, 6.07) is 22.4. The van der Waals surface area contributed by atoms with E-state index in [9.17, 15) is 18.0 Å². The largest absolute Gasteiger partial charge is 0.455 e.